The number of nitrogens with zero attached hydrogens (tertiary/aromatic N) is 4. The summed E-state index contributed by atoms with van der Waals surface area (Å²) in [6.45, 7) is 6.15. The van der Waals surface area contributed by atoms with Gasteiger partial charge in [-0.2, -0.15) is 10.2 Å². The van der Waals surface area contributed by atoms with Crippen LogP contribution in [0.2, 0.25) is 5.02 Å². The molecular weight excluding hydrogens is 369 g/mol. The minimum Gasteiger partial charge on any atom is -0.321 e. The quantitative estimate of drug-likeness (QED) is 0.689. The lowest BCUT2D eigenvalue weighted by atomic mass is 10.2. The van der Waals surface area contributed by atoms with E-state index < -0.39 is 6.04 Å². The molecule has 27 heavy (non-hydrogen) atoms. The van der Waals surface area contributed by atoms with Crippen molar-refractivity contribution in [2.45, 2.75) is 39.8 Å². The Morgan fingerprint density at radius 1 is 1.30 bits per heavy atom. The molecule has 0 aliphatic heterocycles. The molecule has 3 rings (SSSR count). The van der Waals surface area contributed by atoms with Crippen molar-refractivity contribution in [1.82, 2.24) is 19.6 Å². The molecule has 0 radical (unpaired) electrons. The van der Waals surface area contributed by atoms with E-state index in [0.717, 1.165) is 17.0 Å². The highest BCUT2D eigenvalue weighted by Crippen LogP contribution is 2.23. The van der Waals surface area contributed by atoms with E-state index >= 15 is 0 Å². The molecule has 0 aliphatic carbocycles. The summed E-state index contributed by atoms with van der Waals surface area (Å²) in [6.07, 6.45) is 3.72. The number of rotatable bonds is 6. The zero-order chi connectivity index (χ0) is 19.6. The van der Waals surface area contributed by atoms with Crippen LogP contribution < -0.4 is 5.32 Å². The third kappa shape index (κ3) is 4.19. The van der Waals surface area contributed by atoms with E-state index in [9.17, 15) is 9.18 Å². The second-order valence-corrected chi connectivity index (χ2v) is 6.82. The van der Waals surface area contributed by atoms with Crippen LogP contribution in [0.15, 0.2) is 36.7 Å². The number of carbonyl (C=O) groups excluding carboxylic acids is 1. The molecule has 3 aromatic rings. The van der Waals surface area contributed by atoms with Gasteiger partial charge < -0.3 is 5.32 Å². The van der Waals surface area contributed by atoms with E-state index in [1.165, 1.54) is 18.3 Å². The van der Waals surface area contributed by atoms with Crippen molar-refractivity contribution in [1.29, 1.82) is 0 Å². The van der Waals surface area contributed by atoms with Gasteiger partial charge in [0.05, 0.1) is 34.8 Å². The first kappa shape index (κ1) is 19.1. The Kier molecular flexibility index (Phi) is 5.60. The predicted molar refractivity (Wildman–Crippen MR) is 102 cm³/mol. The van der Waals surface area contributed by atoms with Crippen molar-refractivity contribution in [2.24, 2.45) is 0 Å². The molecule has 0 bridgehead atoms. The maximum Gasteiger partial charge on any atom is 0.249 e. The molecule has 1 N–H and O–H groups in total. The number of hydrogen-bond donors (Lipinski definition) is 1. The summed E-state index contributed by atoms with van der Waals surface area (Å²) in [7, 11) is 0. The fourth-order valence-corrected chi connectivity index (χ4v) is 3.12. The second kappa shape index (κ2) is 7.92. The van der Waals surface area contributed by atoms with E-state index in [4.69, 9.17) is 11.6 Å². The maximum atomic E-state index is 13.1. The van der Waals surface area contributed by atoms with E-state index in [-0.39, 0.29) is 11.7 Å². The zero-order valence-electron chi connectivity index (χ0n) is 15.4. The predicted octanol–water partition coefficient (Wildman–Crippen LogP) is 4.13. The monoisotopic (exact) mass is 389 g/mol. The molecule has 1 amide bonds. The third-order valence-electron chi connectivity index (χ3n) is 4.45. The van der Waals surface area contributed by atoms with E-state index in [1.807, 2.05) is 20.8 Å². The molecule has 0 saturated heterocycles. The third-order valence-corrected chi connectivity index (χ3v) is 4.65. The molecule has 1 unspecified atom stereocenters. The van der Waals surface area contributed by atoms with Gasteiger partial charge in [-0.25, -0.2) is 4.39 Å². The van der Waals surface area contributed by atoms with Crippen molar-refractivity contribution in [3.05, 3.63) is 64.5 Å². The van der Waals surface area contributed by atoms with Crippen LogP contribution in [0.1, 0.15) is 36.3 Å². The second-order valence-electron chi connectivity index (χ2n) is 6.38. The lowest BCUT2D eigenvalue weighted by Gasteiger charge is -2.15. The minimum atomic E-state index is -0.461. The van der Waals surface area contributed by atoms with E-state index in [0.29, 0.717) is 23.7 Å². The molecule has 0 saturated carbocycles. The summed E-state index contributed by atoms with van der Waals surface area (Å²) in [5, 5.41) is 12.1. The van der Waals surface area contributed by atoms with Crippen molar-refractivity contribution in [3.63, 3.8) is 0 Å². The molecule has 142 valence electrons. The summed E-state index contributed by atoms with van der Waals surface area (Å²) in [5.74, 6) is -0.450. The average Bonchev–Trinajstić information content (AvgIpc) is 3.16. The fourth-order valence-electron chi connectivity index (χ4n) is 2.98. The summed E-state index contributed by atoms with van der Waals surface area (Å²) < 4.78 is 16.4. The number of hydrogen-bond acceptors (Lipinski definition) is 3. The number of aromatic nitrogens is 4. The van der Waals surface area contributed by atoms with Gasteiger partial charge >= 0.3 is 0 Å². The van der Waals surface area contributed by atoms with Crippen LogP contribution in [0.5, 0.6) is 0 Å². The van der Waals surface area contributed by atoms with Gasteiger partial charge in [-0.1, -0.05) is 30.7 Å². The van der Waals surface area contributed by atoms with Crippen LogP contribution in [0.25, 0.3) is 0 Å². The van der Waals surface area contributed by atoms with Crippen LogP contribution in [0.3, 0.4) is 0 Å². The molecule has 2 heterocycles. The van der Waals surface area contributed by atoms with Crippen molar-refractivity contribution >= 4 is 23.2 Å². The Morgan fingerprint density at radius 3 is 2.59 bits per heavy atom. The molecular formula is C19H21ClFN5O. The van der Waals surface area contributed by atoms with Crippen molar-refractivity contribution in [3.8, 4) is 0 Å². The van der Waals surface area contributed by atoms with Crippen LogP contribution in [-0.4, -0.2) is 25.5 Å². The van der Waals surface area contributed by atoms with Crippen molar-refractivity contribution < 1.29 is 9.18 Å². The number of aryl methyl sites for hydroxylation is 1. The molecule has 6 nitrogen and oxygen atoms in total. The first-order chi connectivity index (χ1) is 12.9. The Morgan fingerprint density at radius 2 is 2.00 bits per heavy atom. The molecule has 0 aliphatic rings. The Bertz CT molecular complexity index is 948. The van der Waals surface area contributed by atoms with Gasteiger partial charge in [0.1, 0.15) is 11.9 Å². The normalized spacial score (nSPS) is 12.2. The topological polar surface area (TPSA) is 64.7 Å². The van der Waals surface area contributed by atoms with Crippen LogP contribution >= 0.6 is 11.6 Å². The maximum absolute atomic E-state index is 13.1. The SMILES string of the molecule is CCC(C(=O)Nc1c(C)nn(Cc2ccc(F)cc2)c1C)n1cc(Cl)cn1. The Labute approximate surface area is 161 Å². The lowest BCUT2D eigenvalue weighted by Crippen LogP contribution is -2.26. The number of carbonyl (C=O) groups is 1. The average molecular weight is 390 g/mol. The van der Waals surface area contributed by atoms with Crippen LogP contribution in [0, 0.1) is 19.7 Å². The standard InChI is InChI=1S/C19H21ClFN5O/c1-4-17(26-11-15(20)9-22-26)19(27)23-18-12(2)24-25(13(18)3)10-14-5-7-16(21)8-6-14/h5-9,11,17H,4,10H2,1-3H3,(H,23,27). The fraction of sp³-hybridized carbons (Fsp3) is 0.316. The zero-order valence-corrected chi connectivity index (χ0v) is 16.2. The smallest absolute Gasteiger partial charge is 0.249 e. The summed E-state index contributed by atoms with van der Waals surface area (Å²) in [6, 6.07) is 5.82. The van der Waals surface area contributed by atoms with Crippen molar-refractivity contribution in [2.75, 3.05) is 5.32 Å². The molecule has 2 aromatic heterocycles. The van der Waals surface area contributed by atoms with Gasteiger partial charge in [0.15, 0.2) is 0 Å². The van der Waals surface area contributed by atoms with Crippen LogP contribution in [0.4, 0.5) is 10.1 Å². The van der Waals surface area contributed by atoms with E-state index in [1.54, 1.807) is 27.7 Å². The molecule has 0 spiro atoms. The van der Waals surface area contributed by atoms with Gasteiger partial charge in [0.25, 0.3) is 0 Å². The number of nitrogens with one attached hydrogen (secondary N) is 1. The molecule has 1 aromatic carbocycles. The number of anilines is 1. The highest BCUT2D eigenvalue weighted by molar-refractivity contribution is 6.30. The van der Waals surface area contributed by atoms with Gasteiger partial charge in [0, 0.05) is 6.20 Å². The first-order valence-electron chi connectivity index (χ1n) is 8.68. The minimum absolute atomic E-state index is 0.176. The van der Waals surface area contributed by atoms with Gasteiger partial charge in [-0.15, -0.1) is 0 Å². The van der Waals surface area contributed by atoms with Crippen LogP contribution in [-0.2, 0) is 11.3 Å². The largest absolute Gasteiger partial charge is 0.321 e. The van der Waals surface area contributed by atoms with E-state index in [2.05, 4.69) is 15.5 Å². The highest BCUT2D eigenvalue weighted by atomic mass is 35.5. The number of halogens is 2. The highest BCUT2D eigenvalue weighted by Gasteiger charge is 2.22. The molecule has 8 heteroatoms. The summed E-state index contributed by atoms with van der Waals surface area (Å²) in [4.78, 5) is 12.8. The molecule has 0 fully saturated rings. The van der Waals surface area contributed by atoms with Gasteiger partial charge in [-0.3, -0.25) is 14.2 Å². The molecule has 1 atom stereocenters. The summed E-state index contributed by atoms with van der Waals surface area (Å²) in [5.41, 5.74) is 3.16. The Balaban J connectivity index is 1.79. The lowest BCUT2D eigenvalue weighted by molar-refractivity contribution is -0.119. The summed E-state index contributed by atoms with van der Waals surface area (Å²) >= 11 is 5.92. The van der Waals surface area contributed by atoms with Gasteiger partial charge in [0.2, 0.25) is 5.91 Å². The first-order valence-corrected chi connectivity index (χ1v) is 9.05. The number of benzene rings is 1. The number of amides is 1. The van der Waals surface area contributed by atoms with Gasteiger partial charge in [-0.05, 0) is 38.0 Å². The Hall–Kier alpha value is -2.67.